The minimum atomic E-state index is -0.695. The minimum absolute atomic E-state index is 0.0909. The lowest BCUT2D eigenvalue weighted by Crippen LogP contribution is -2.38. The van der Waals surface area contributed by atoms with Crippen LogP contribution in [0.2, 0.25) is 0 Å². The van der Waals surface area contributed by atoms with E-state index in [1.54, 1.807) is 24.4 Å². The lowest BCUT2D eigenvalue weighted by Gasteiger charge is -2.16. The number of hydrogen-bond acceptors (Lipinski definition) is 5. The van der Waals surface area contributed by atoms with Gasteiger partial charge in [-0.05, 0) is 30.7 Å². The van der Waals surface area contributed by atoms with Crippen LogP contribution in [0.25, 0.3) is 6.08 Å². The summed E-state index contributed by atoms with van der Waals surface area (Å²) in [5.74, 6) is 0.128. The molecule has 2 amide bonds. The highest BCUT2D eigenvalue weighted by Crippen LogP contribution is 2.13. The molecule has 2 atom stereocenters. The molecule has 0 heterocycles. The van der Waals surface area contributed by atoms with E-state index in [2.05, 4.69) is 10.6 Å². The zero-order valence-corrected chi connectivity index (χ0v) is 14.0. The molecular weight excluding hydrogens is 310 g/mol. The maximum absolute atomic E-state index is 10.8. The maximum atomic E-state index is 10.8. The molecule has 0 saturated heterocycles. The largest absolute Gasteiger partial charge is 0.491 e. The standard InChI is InChI=1S/C17H25N3O4/c1-12(9-17(18)23)20-10-15(22)11-24-16-5-3-14(4-6-16)7-8-19-13(2)21/h3-8,12,15,20,22H,9-11H2,1-2H3,(H2,18,23)(H,19,21)/b8-7+. The number of carbonyl (C=O) groups is 2. The first-order valence-electron chi connectivity index (χ1n) is 7.73. The molecule has 0 aromatic heterocycles. The zero-order chi connectivity index (χ0) is 17.9. The Morgan fingerprint density at radius 3 is 2.58 bits per heavy atom. The number of benzene rings is 1. The number of carbonyl (C=O) groups excluding carboxylic acids is 2. The van der Waals surface area contributed by atoms with Crippen LogP contribution in [0.5, 0.6) is 5.75 Å². The van der Waals surface area contributed by atoms with Crippen LogP contribution in [0, 0.1) is 0 Å². The molecule has 0 aliphatic heterocycles. The van der Waals surface area contributed by atoms with Crippen LogP contribution >= 0.6 is 0 Å². The van der Waals surface area contributed by atoms with Crippen molar-refractivity contribution in [3.05, 3.63) is 36.0 Å². The van der Waals surface area contributed by atoms with Crippen LogP contribution in [0.3, 0.4) is 0 Å². The molecule has 0 fully saturated rings. The van der Waals surface area contributed by atoms with Crippen molar-refractivity contribution >= 4 is 17.9 Å². The first kappa shape index (κ1) is 19.7. The van der Waals surface area contributed by atoms with Crippen molar-refractivity contribution in [2.45, 2.75) is 32.4 Å². The molecule has 2 unspecified atom stereocenters. The molecule has 24 heavy (non-hydrogen) atoms. The Bertz CT molecular complexity index is 557. The lowest BCUT2D eigenvalue weighted by molar-refractivity contribution is -0.119. The van der Waals surface area contributed by atoms with Gasteiger partial charge in [0.15, 0.2) is 0 Å². The quantitative estimate of drug-likeness (QED) is 0.494. The summed E-state index contributed by atoms with van der Waals surface area (Å²) in [7, 11) is 0. The van der Waals surface area contributed by atoms with Crippen molar-refractivity contribution in [2.75, 3.05) is 13.2 Å². The van der Waals surface area contributed by atoms with E-state index < -0.39 is 6.10 Å². The Hall–Kier alpha value is -2.38. The second-order valence-electron chi connectivity index (χ2n) is 5.55. The first-order chi connectivity index (χ1) is 11.4. The van der Waals surface area contributed by atoms with Crippen molar-refractivity contribution in [1.82, 2.24) is 10.6 Å². The second kappa shape index (κ2) is 10.4. The number of amides is 2. The van der Waals surface area contributed by atoms with Gasteiger partial charge in [0.05, 0.1) is 0 Å². The highest BCUT2D eigenvalue weighted by atomic mass is 16.5. The van der Waals surface area contributed by atoms with Crippen LogP contribution in [-0.4, -0.2) is 42.2 Å². The Morgan fingerprint density at radius 2 is 2.00 bits per heavy atom. The fourth-order valence-corrected chi connectivity index (χ4v) is 1.89. The molecule has 7 heteroatoms. The van der Waals surface area contributed by atoms with Gasteiger partial charge in [-0.2, -0.15) is 0 Å². The summed E-state index contributed by atoms with van der Waals surface area (Å²) in [6, 6.07) is 7.15. The molecule has 0 saturated carbocycles. The van der Waals surface area contributed by atoms with Crippen LogP contribution in [-0.2, 0) is 9.59 Å². The van der Waals surface area contributed by atoms with Gasteiger partial charge in [-0.15, -0.1) is 0 Å². The third-order valence-corrected chi connectivity index (χ3v) is 3.09. The van der Waals surface area contributed by atoms with Crippen LogP contribution in [0.1, 0.15) is 25.8 Å². The third-order valence-electron chi connectivity index (χ3n) is 3.09. The third kappa shape index (κ3) is 8.92. The van der Waals surface area contributed by atoms with E-state index >= 15 is 0 Å². The molecule has 0 spiro atoms. The molecule has 0 aliphatic carbocycles. The highest BCUT2D eigenvalue weighted by molar-refractivity contribution is 5.75. The number of nitrogens with two attached hydrogens (primary N) is 1. The van der Waals surface area contributed by atoms with Gasteiger partial charge in [-0.1, -0.05) is 12.1 Å². The van der Waals surface area contributed by atoms with E-state index in [9.17, 15) is 14.7 Å². The lowest BCUT2D eigenvalue weighted by atomic mass is 10.2. The van der Waals surface area contributed by atoms with Crippen LogP contribution in [0.15, 0.2) is 30.5 Å². The molecule has 132 valence electrons. The number of hydrogen-bond donors (Lipinski definition) is 4. The topological polar surface area (TPSA) is 114 Å². The van der Waals surface area contributed by atoms with E-state index in [-0.39, 0.29) is 30.9 Å². The van der Waals surface area contributed by atoms with Crippen molar-refractivity contribution in [3.8, 4) is 5.75 Å². The summed E-state index contributed by atoms with van der Waals surface area (Å²) >= 11 is 0. The number of nitrogens with one attached hydrogen (secondary N) is 2. The predicted molar refractivity (Wildman–Crippen MR) is 92.1 cm³/mol. The van der Waals surface area contributed by atoms with E-state index in [4.69, 9.17) is 10.5 Å². The van der Waals surface area contributed by atoms with Gasteiger partial charge < -0.3 is 26.2 Å². The Labute approximate surface area is 141 Å². The highest BCUT2D eigenvalue weighted by Gasteiger charge is 2.09. The molecule has 0 aliphatic rings. The molecule has 0 bridgehead atoms. The van der Waals surface area contributed by atoms with E-state index in [0.717, 1.165) is 5.56 Å². The van der Waals surface area contributed by atoms with Gasteiger partial charge in [-0.3, -0.25) is 9.59 Å². The van der Waals surface area contributed by atoms with Crippen molar-refractivity contribution < 1.29 is 19.4 Å². The normalized spacial score (nSPS) is 13.5. The fourth-order valence-electron chi connectivity index (χ4n) is 1.89. The number of ether oxygens (including phenoxy) is 1. The molecule has 7 nitrogen and oxygen atoms in total. The van der Waals surface area contributed by atoms with Gasteiger partial charge in [0.2, 0.25) is 11.8 Å². The smallest absolute Gasteiger partial charge is 0.220 e. The molecule has 1 aromatic carbocycles. The van der Waals surface area contributed by atoms with Gasteiger partial charge in [0.1, 0.15) is 18.5 Å². The number of rotatable bonds is 10. The Kier molecular flexibility index (Phi) is 8.53. The minimum Gasteiger partial charge on any atom is -0.491 e. The Morgan fingerprint density at radius 1 is 1.33 bits per heavy atom. The number of aliphatic hydroxyl groups is 1. The summed E-state index contributed by atoms with van der Waals surface area (Å²) in [4.78, 5) is 21.5. The summed E-state index contributed by atoms with van der Waals surface area (Å²) < 4.78 is 5.50. The van der Waals surface area contributed by atoms with Crippen molar-refractivity contribution in [2.24, 2.45) is 5.73 Å². The van der Waals surface area contributed by atoms with Gasteiger partial charge >= 0.3 is 0 Å². The number of aliphatic hydroxyl groups excluding tert-OH is 1. The van der Waals surface area contributed by atoms with Crippen molar-refractivity contribution in [1.29, 1.82) is 0 Å². The van der Waals surface area contributed by atoms with Gasteiger partial charge in [-0.25, -0.2) is 0 Å². The van der Waals surface area contributed by atoms with E-state index in [0.29, 0.717) is 12.3 Å². The van der Waals surface area contributed by atoms with Crippen molar-refractivity contribution in [3.63, 3.8) is 0 Å². The van der Waals surface area contributed by atoms with Crippen LogP contribution < -0.4 is 21.1 Å². The summed E-state index contributed by atoms with van der Waals surface area (Å²) in [6.45, 7) is 3.71. The SMILES string of the molecule is CC(=O)N/C=C/c1ccc(OCC(O)CNC(C)CC(N)=O)cc1. The summed E-state index contributed by atoms with van der Waals surface area (Å²) in [5, 5.41) is 15.4. The second-order valence-corrected chi connectivity index (χ2v) is 5.55. The maximum Gasteiger partial charge on any atom is 0.220 e. The van der Waals surface area contributed by atoms with Gasteiger partial charge in [0.25, 0.3) is 0 Å². The zero-order valence-electron chi connectivity index (χ0n) is 14.0. The predicted octanol–water partition coefficient (Wildman–Crippen LogP) is 0.387. The molecule has 0 radical (unpaired) electrons. The van der Waals surface area contributed by atoms with Crippen LogP contribution in [0.4, 0.5) is 0 Å². The average Bonchev–Trinajstić information content (AvgIpc) is 2.51. The number of primary amides is 1. The summed E-state index contributed by atoms with van der Waals surface area (Å²) in [5.41, 5.74) is 6.02. The summed E-state index contributed by atoms with van der Waals surface area (Å²) in [6.07, 6.45) is 2.87. The van der Waals surface area contributed by atoms with E-state index in [1.165, 1.54) is 6.92 Å². The van der Waals surface area contributed by atoms with E-state index in [1.807, 2.05) is 19.1 Å². The first-order valence-corrected chi connectivity index (χ1v) is 7.73. The molecular formula is C17H25N3O4. The molecule has 1 aromatic rings. The fraction of sp³-hybridized carbons (Fsp3) is 0.412. The average molecular weight is 335 g/mol. The Balaban J connectivity index is 2.32. The molecule has 5 N–H and O–H groups in total. The van der Waals surface area contributed by atoms with Gasteiger partial charge in [0, 0.05) is 32.1 Å². The molecule has 1 rings (SSSR count). The monoisotopic (exact) mass is 335 g/mol.